The molecule has 0 aliphatic carbocycles. The molecular formula is C20H17ClN2O4. The maximum atomic E-state index is 12.3. The van der Waals surface area contributed by atoms with Gasteiger partial charge in [-0.05, 0) is 55.0 Å². The number of nitrogens with zero attached hydrogens (tertiary/aromatic N) is 1. The third-order valence-electron chi connectivity index (χ3n) is 3.30. The average Bonchev–Trinajstić information content (AvgIpc) is 2.63. The predicted octanol–water partition coefficient (Wildman–Crippen LogP) is 4.21. The van der Waals surface area contributed by atoms with Crippen molar-refractivity contribution < 1.29 is 19.1 Å². The maximum Gasteiger partial charge on any atom is 0.308 e. The van der Waals surface area contributed by atoms with E-state index >= 15 is 0 Å². The van der Waals surface area contributed by atoms with E-state index in [1.165, 1.54) is 13.0 Å². The predicted molar refractivity (Wildman–Crippen MR) is 103 cm³/mol. The van der Waals surface area contributed by atoms with Crippen LogP contribution < -0.4 is 14.8 Å². The summed E-state index contributed by atoms with van der Waals surface area (Å²) in [4.78, 5) is 23.5. The fourth-order valence-corrected chi connectivity index (χ4v) is 2.29. The summed E-state index contributed by atoms with van der Waals surface area (Å²) >= 11 is 5.81. The van der Waals surface area contributed by atoms with Gasteiger partial charge in [0, 0.05) is 17.6 Å². The molecule has 1 amide bonds. The highest BCUT2D eigenvalue weighted by molar-refractivity contribution is 6.30. The monoisotopic (exact) mass is 384 g/mol. The standard InChI is InChI=1S/C20H17ClN2O4/c1-3-26-19-11-14(4-9-18(19)27-13(2)24)10-15(12-22)20(25)23-17-7-5-16(21)6-8-17/h4-11H,3H2,1-2H3,(H,23,25)/b15-10-. The number of esters is 1. The Morgan fingerprint density at radius 1 is 1.19 bits per heavy atom. The molecule has 2 aromatic carbocycles. The van der Waals surface area contributed by atoms with Crippen LogP contribution in [0.5, 0.6) is 11.5 Å². The summed E-state index contributed by atoms with van der Waals surface area (Å²) in [5.41, 5.74) is 0.982. The van der Waals surface area contributed by atoms with Gasteiger partial charge in [0.15, 0.2) is 11.5 Å². The first-order valence-electron chi connectivity index (χ1n) is 8.07. The molecule has 0 saturated carbocycles. The Balaban J connectivity index is 2.26. The van der Waals surface area contributed by atoms with Crippen LogP contribution in [0.25, 0.3) is 6.08 Å². The van der Waals surface area contributed by atoms with E-state index in [2.05, 4.69) is 5.32 Å². The fourth-order valence-electron chi connectivity index (χ4n) is 2.17. The average molecular weight is 385 g/mol. The summed E-state index contributed by atoms with van der Waals surface area (Å²) in [6.07, 6.45) is 1.42. The molecule has 6 nitrogen and oxygen atoms in total. The van der Waals surface area contributed by atoms with E-state index < -0.39 is 11.9 Å². The number of nitriles is 1. The van der Waals surface area contributed by atoms with Gasteiger partial charge < -0.3 is 14.8 Å². The van der Waals surface area contributed by atoms with Crippen molar-refractivity contribution in [2.75, 3.05) is 11.9 Å². The molecular weight excluding hydrogens is 368 g/mol. The number of amides is 1. The largest absolute Gasteiger partial charge is 0.490 e. The zero-order valence-corrected chi connectivity index (χ0v) is 15.5. The fraction of sp³-hybridized carbons (Fsp3) is 0.150. The molecule has 2 aromatic rings. The minimum Gasteiger partial charge on any atom is -0.490 e. The third kappa shape index (κ3) is 5.87. The van der Waals surface area contributed by atoms with E-state index in [1.807, 2.05) is 6.07 Å². The van der Waals surface area contributed by atoms with Crippen LogP contribution in [0.2, 0.25) is 5.02 Å². The topological polar surface area (TPSA) is 88.4 Å². The first-order chi connectivity index (χ1) is 12.9. The van der Waals surface area contributed by atoms with E-state index in [4.69, 9.17) is 21.1 Å². The minimum absolute atomic E-state index is 0.0902. The van der Waals surface area contributed by atoms with Gasteiger partial charge >= 0.3 is 5.97 Å². The van der Waals surface area contributed by atoms with Gasteiger partial charge in [0.1, 0.15) is 11.6 Å². The number of anilines is 1. The maximum absolute atomic E-state index is 12.3. The van der Waals surface area contributed by atoms with Crippen molar-refractivity contribution in [3.63, 3.8) is 0 Å². The van der Waals surface area contributed by atoms with Crippen LogP contribution in [0, 0.1) is 11.3 Å². The number of halogens is 1. The first-order valence-corrected chi connectivity index (χ1v) is 8.44. The second-order valence-corrected chi connectivity index (χ2v) is 5.80. The van der Waals surface area contributed by atoms with Gasteiger partial charge in [0.2, 0.25) is 0 Å². The lowest BCUT2D eigenvalue weighted by atomic mass is 10.1. The molecule has 0 aliphatic rings. The molecule has 0 saturated heterocycles. The van der Waals surface area contributed by atoms with Crippen LogP contribution in [0.4, 0.5) is 5.69 Å². The van der Waals surface area contributed by atoms with Crippen LogP contribution in [0.15, 0.2) is 48.0 Å². The van der Waals surface area contributed by atoms with Crippen molar-refractivity contribution in [3.8, 4) is 17.6 Å². The Labute approximate surface area is 162 Å². The lowest BCUT2D eigenvalue weighted by molar-refractivity contribution is -0.132. The quantitative estimate of drug-likeness (QED) is 0.349. The summed E-state index contributed by atoms with van der Waals surface area (Å²) in [5.74, 6) is -0.413. The second kappa shape index (κ2) is 9.41. The van der Waals surface area contributed by atoms with E-state index in [0.29, 0.717) is 28.6 Å². The van der Waals surface area contributed by atoms with Gasteiger partial charge in [0.25, 0.3) is 5.91 Å². The summed E-state index contributed by atoms with van der Waals surface area (Å²) in [7, 11) is 0. The van der Waals surface area contributed by atoms with E-state index in [0.717, 1.165) is 0 Å². The molecule has 0 fully saturated rings. The Bertz CT molecular complexity index is 915. The van der Waals surface area contributed by atoms with Crippen molar-refractivity contribution in [3.05, 3.63) is 58.6 Å². The van der Waals surface area contributed by atoms with Crippen molar-refractivity contribution in [1.82, 2.24) is 0 Å². The van der Waals surface area contributed by atoms with Crippen LogP contribution in [-0.4, -0.2) is 18.5 Å². The van der Waals surface area contributed by atoms with Gasteiger partial charge in [-0.1, -0.05) is 17.7 Å². The van der Waals surface area contributed by atoms with Crippen LogP contribution in [0.1, 0.15) is 19.4 Å². The molecule has 7 heteroatoms. The van der Waals surface area contributed by atoms with Crippen LogP contribution >= 0.6 is 11.6 Å². The highest BCUT2D eigenvalue weighted by atomic mass is 35.5. The normalized spacial score (nSPS) is 10.7. The van der Waals surface area contributed by atoms with E-state index in [1.54, 1.807) is 49.4 Å². The molecule has 138 valence electrons. The van der Waals surface area contributed by atoms with E-state index in [9.17, 15) is 14.9 Å². The number of carbonyl (C=O) groups excluding carboxylic acids is 2. The summed E-state index contributed by atoms with van der Waals surface area (Å²) in [6, 6.07) is 13.2. The molecule has 27 heavy (non-hydrogen) atoms. The highest BCUT2D eigenvalue weighted by Gasteiger charge is 2.12. The van der Waals surface area contributed by atoms with Gasteiger partial charge in [0.05, 0.1) is 6.61 Å². The number of benzene rings is 2. The molecule has 0 heterocycles. The Hall–Kier alpha value is -3.30. The van der Waals surface area contributed by atoms with Crippen LogP contribution in [0.3, 0.4) is 0 Å². The molecule has 0 radical (unpaired) electrons. The zero-order chi connectivity index (χ0) is 19.8. The number of rotatable bonds is 6. The number of nitrogens with one attached hydrogen (secondary N) is 1. The molecule has 2 rings (SSSR count). The first kappa shape index (κ1) is 20.0. The summed E-state index contributed by atoms with van der Waals surface area (Å²) in [5, 5.41) is 12.5. The molecule has 0 aliphatic heterocycles. The Morgan fingerprint density at radius 2 is 1.89 bits per heavy atom. The number of carbonyl (C=O) groups is 2. The van der Waals surface area contributed by atoms with Crippen molar-refractivity contribution >= 4 is 35.2 Å². The Kier molecular flexibility index (Phi) is 6.98. The van der Waals surface area contributed by atoms with Crippen LogP contribution in [-0.2, 0) is 9.59 Å². The van der Waals surface area contributed by atoms with E-state index in [-0.39, 0.29) is 11.3 Å². The van der Waals surface area contributed by atoms with Gasteiger partial charge in [-0.3, -0.25) is 9.59 Å². The van der Waals surface area contributed by atoms with Crippen molar-refractivity contribution in [2.24, 2.45) is 0 Å². The molecule has 0 bridgehead atoms. The lowest BCUT2D eigenvalue weighted by Crippen LogP contribution is -2.13. The van der Waals surface area contributed by atoms with Crippen molar-refractivity contribution in [1.29, 1.82) is 5.26 Å². The van der Waals surface area contributed by atoms with Gasteiger partial charge in [-0.25, -0.2) is 0 Å². The third-order valence-corrected chi connectivity index (χ3v) is 3.55. The highest BCUT2D eigenvalue weighted by Crippen LogP contribution is 2.29. The smallest absolute Gasteiger partial charge is 0.308 e. The number of hydrogen-bond acceptors (Lipinski definition) is 5. The number of ether oxygens (including phenoxy) is 2. The summed E-state index contributed by atoms with van der Waals surface area (Å²) < 4.78 is 10.5. The van der Waals surface area contributed by atoms with Gasteiger partial charge in [-0.15, -0.1) is 0 Å². The van der Waals surface area contributed by atoms with Gasteiger partial charge in [-0.2, -0.15) is 5.26 Å². The SMILES string of the molecule is CCOc1cc(/C=C(/C#N)C(=O)Nc2ccc(Cl)cc2)ccc1OC(C)=O. The molecule has 0 aromatic heterocycles. The summed E-state index contributed by atoms with van der Waals surface area (Å²) in [6.45, 7) is 3.45. The zero-order valence-electron chi connectivity index (χ0n) is 14.8. The minimum atomic E-state index is -0.554. The second-order valence-electron chi connectivity index (χ2n) is 5.36. The lowest BCUT2D eigenvalue weighted by Gasteiger charge is -2.10. The molecule has 1 N–H and O–H groups in total. The molecule has 0 atom stereocenters. The molecule has 0 unspecified atom stereocenters. The molecule has 0 spiro atoms. The number of hydrogen-bond donors (Lipinski definition) is 1. The Morgan fingerprint density at radius 3 is 2.48 bits per heavy atom. The van der Waals surface area contributed by atoms with Crippen molar-refractivity contribution in [2.45, 2.75) is 13.8 Å².